The lowest BCUT2D eigenvalue weighted by Crippen LogP contribution is -2.46. The fourth-order valence-electron chi connectivity index (χ4n) is 3.36. The van der Waals surface area contributed by atoms with Crippen LogP contribution in [0.15, 0.2) is 28.9 Å². The van der Waals surface area contributed by atoms with Gasteiger partial charge in [0.15, 0.2) is 5.76 Å². The smallest absolute Gasteiger partial charge is 0.289 e. The van der Waals surface area contributed by atoms with E-state index in [0.717, 1.165) is 37.0 Å². The summed E-state index contributed by atoms with van der Waals surface area (Å²) in [5.41, 5.74) is 1.29. The molecule has 0 aromatic carbocycles. The maximum atomic E-state index is 12.6. The van der Waals surface area contributed by atoms with Gasteiger partial charge < -0.3 is 14.6 Å². The first-order valence-corrected chi connectivity index (χ1v) is 10.2. The van der Waals surface area contributed by atoms with Gasteiger partial charge in [-0.15, -0.1) is 11.3 Å². The maximum Gasteiger partial charge on any atom is 0.289 e. The van der Waals surface area contributed by atoms with Gasteiger partial charge in [-0.2, -0.15) is 0 Å². The largest absolute Gasteiger partial charge is 0.459 e. The number of furan rings is 1. The molecule has 0 atom stereocenters. The molecule has 6 heteroatoms. The minimum absolute atomic E-state index is 0.0165. The molecule has 0 bridgehead atoms. The van der Waals surface area contributed by atoms with Crippen molar-refractivity contribution in [3.05, 3.63) is 45.5 Å². The topological polar surface area (TPSA) is 62.6 Å². The number of aryl methyl sites for hydroxylation is 2. The van der Waals surface area contributed by atoms with E-state index in [-0.39, 0.29) is 17.9 Å². The number of hydrogen-bond donors (Lipinski definition) is 1. The van der Waals surface area contributed by atoms with Gasteiger partial charge in [0.1, 0.15) is 0 Å². The number of carbonyl (C=O) groups is 2. The van der Waals surface area contributed by atoms with Gasteiger partial charge in [0.2, 0.25) is 0 Å². The zero-order chi connectivity index (χ0) is 18.5. The van der Waals surface area contributed by atoms with Gasteiger partial charge in [-0.1, -0.05) is 20.3 Å². The molecule has 1 saturated heterocycles. The Morgan fingerprint density at radius 3 is 2.69 bits per heavy atom. The summed E-state index contributed by atoms with van der Waals surface area (Å²) in [6, 6.07) is 5.57. The van der Waals surface area contributed by atoms with Gasteiger partial charge >= 0.3 is 0 Å². The van der Waals surface area contributed by atoms with E-state index in [1.807, 2.05) is 6.07 Å². The lowest BCUT2D eigenvalue weighted by molar-refractivity contribution is 0.0667. The summed E-state index contributed by atoms with van der Waals surface area (Å²) in [5, 5.41) is 3.15. The van der Waals surface area contributed by atoms with Gasteiger partial charge in [-0.05, 0) is 49.4 Å². The predicted octanol–water partition coefficient (Wildman–Crippen LogP) is 3.89. The molecule has 2 aromatic rings. The molecule has 0 spiro atoms. The Morgan fingerprint density at radius 1 is 1.31 bits per heavy atom. The SMILES string of the molecule is CCCc1sc(C(=O)NC2CCN(C(=O)c3ccco3)CC2)cc1CC. The first kappa shape index (κ1) is 18.7. The fraction of sp³-hybridized carbons (Fsp3) is 0.500. The van der Waals surface area contributed by atoms with Crippen LogP contribution in [-0.2, 0) is 12.8 Å². The summed E-state index contributed by atoms with van der Waals surface area (Å²) in [4.78, 5) is 28.8. The highest BCUT2D eigenvalue weighted by atomic mass is 32.1. The Labute approximate surface area is 158 Å². The van der Waals surface area contributed by atoms with Crippen molar-refractivity contribution in [3.8, 4) is 0 Å². The average Bonchev–Trinajstić information content (AvgIpc) is 3.32. The van der Waals surface area contributed by atoms with Gasteiger partial charge in [0.25, 0.3) is 11.8 Å². The lowest BCUT2D eigenvalue weighted by Gasteiger charge is -2.31. The summed E-state index contributed by atoms with van der Waals surface area (Å²) >= 11 is 1.62. The number of hydrogen-bond acceptors (Lipinski definition) is 4. The summed E-state index contributed by atoms with van der Waals surface area (Å²) in [7, 11) is 0. The van der Waals surface area contributed by atoms with E-state index in [0.29, 0.717) is 18.8 Å². The normalized spacial score (nSPS) is 15.2. The zero-order valence-electron chi connectivity index (χ0n) is 15.4. The Morgan fingerprint density at radius 2 is 2.08 bits per heavy atom. The van der Waals surface area contributed by atoms with E-state index in [4.69, 9.17) is 4.42 Å². The second-order valence-electron chi connectivity index (χ2n) is 6.68. The van der Waals surface area contributed by atoms with E-state index in [1.54, 1.807) is 28.4 Å². The standard InChI is InChI=1S/C20H26N2O3S/c1-3-6-17-14(4-2)13-18(26-17)19(23)21-15-8-10-22(11-9-15)20(24)16-7-5-12-25-16/h5,7,12-13,15H,3-4,6,8-11H2,1-2H3,(H,21,23). The van der Waals surface area contributed by atoms with Gasteiger partial charge in [0.05, 0.1) is 11.1 Å². The molecule has 0 radical (unpaired) electrons. The van der Waals surface area contributed by atoms with Gasteiger partial charge in [-0.25, -0.2) is 0 Å². The molecule has 2 aromatic heterocycles. The Bertz CT molecular complexity index is 743. The van der Waals surface area contributed by atoms with E-state index in [2.05, 4.69) is 19.2 Å². The number of piperidine rings is 1. The van der Waals surface area contributed by atoms with Gasteiger partial charge in [0, 0.05) is 24.0 Å². The highest BCUT2D eigenvalue weighted by molar-refractivity contribution is 7.14. The first-order valence-electron chi connectivity index (χ1n) is 9.37. The van der Waals surface area contributed by atoms with Crippen molar-refractivity contribution in [2.45, 2.75) is 52.0 Å². The van der Waals surface area contributed by atoms with Crippen LogP contribution in [0.3, 0.4) is 0 Å². The van der Waals surface area contributed by atoms with Crippen molar-refractivity contribution in [2.75, 3.05) is 13.1 Å². The first-order chi connectivity index (χ1) is 12.6. The molecule has 1 aliphatic rings. The van der Waals surface area contributed by atoms with Crippen molar-refractivity contribution in [1.29, 1.82) is 0 Å². The Balaban J connectivity index is 1.54. The summed E-state index contributed by atoms with van der Waals surface area (Å²) < 4.78 is 5.18. The van der Waals surface area contributed by atoms with Crippen LogP contribution in [0.5, 0.6) is 0 Å². The van der Waals surface area contributed by atoms with E-state index >= 15 is 0 Å². The molecule has 0 saturated carbocycles. The molecule has 0 unspecified atom stereocenters. The molecule has 3 heterocycles. The Kier molecular flexibility index (Phi) is 6.14. The molecular weight excluding hydrogens is 348 g/mol. The number of carbonyl (C=O) groups excluding carboxylic acids is 2. The van der Waals surface area contributed by atoms with E-state index < -0.39 is 0 Å². The van der Waals surface area contributed by atoms with Gasteiger partial charge in [-0.3, -0.25) is 9.59 Å². The number of amides is 2. The molecule has 0 aliphatic carbocycles. The van der Waals surface area contributed by atoms with Crippen molar-refractivity contribution in [2.24, 2.45) is 0 Å². The van der Waals surface area contributed by atoms with Crippen molar-refractivity contribution in [1.82, 2.24) is 10.2 Å². The van der Waals surface area contributed by atoms with Crippen LogP contribution in [0.1, 0.15) is 63.8 Å². The highest BCUT2D eigenvalue weighted by Gasteiger charge is 2.26. The van der Waals surface area contributed by atoms with Crippen LogP contribution in [0.2, 0.25) is 0 Å². The molecule has 140 valence electrons. The molecule has 1 N–H and O–H groups in total. The number of likely N-dealkylation sites (tertiary alicyclic amines) is 1. The van der Waals surface area contributed by atoms with Crippen LogP contribution in [0, 0.1) is 0 Å². The molecule has 26 heavy (non-hydrogen) atoms. The van der Waals surface area contributed by atoms with Crippen LogP contribution < -0.4 is 5.32 Å². The van der Waals surface area contributed by atoms with Crippen LogP contribution >= 0.6 is 11.3 Å². The number of thiophene rings is 1. The van der Waals surface area contributed by atoms with E-state index in [1.165, 1.54) is 16.7 Å². The summed E-state index contributed by atoms with van der Waals surface area (Å²) in [5.74, 6) is 0.319. The molecular formula is C20H26N2O3S. The monoisotopic (exact) mass is 374 g/mol. The van der Waals surface area contributed by atoms with Crippen LogP contribution in [0.4, 0.5) is 0 Å². The zero-order valence-corrected chi connectivity index (χ0v) is 16.2. The molecule has 2 amide bonds. The molecule has 1 aliphatic heterocycles. The average molecular weight is 375 g/mol. The third kappa shape index (κ3) is 4.18. The number of rotatable bonds is 6. The maximum absolute atomic E-state index is 12.6. The minimum atomic E-state index is -0.0742. The fourth-order valence-corrected chi connectivity index (χ4v) is 4.61. The quantitative estimate of drug-likeness (QED) is 0.834. The molecule has 1 fully saturated rings. The third-order valence-electron chi connectivity index (χ3n) is 4.83. The second kappa shape index (κ2) is 8.54. The highest BCUT2D eigenvalue weighted by Crippen LogP contribution is 2.25. The summed E-state index contributed by atoms with van der Waals surface area (Å²) in [6.07, 6.45) is 6.15. The molecule has 5 nitrogen and oxygen atoms in total. The second-order valence-corrected chi connectivity index (χ2v) is 7.82. The lowest BCUT2D eigenvalue weighted by atomic mass is 10.0. The van der Waals surface area contributed by atoms with Crippen molar-refractivity contribution < 1.29 is 14.0 Å². The number of nitrogens with zero attached hydrogens (tertiary/aromatic N) is 1. The van der Waals surface area contributed by atoms with Crippen LogP contribution in [0.25, 0.3) is 0 Å². The number of nitrogens with one attached hydrogen (secondary N) is 1. The third-order valence-corrected chi connectivity index (χ3v) is 6.06. The van der Waals surface area contributed by atoms with E-state index in [9.17, 15) is 9.59 Å². The van der Waals surface area contributed by atoms with Crippen molar-refractivity contribution in [3.63, 3.8) is 0 Å². The minimum Gasteiger partial charge on any atom is -0.459 e. The predicted molar refractivity (Wildman–Crippen MR) is 103 cm³/mol. The Hall–Kier alpha value is -2.08. The molecule has 3 rings (SSSR count). The van der Waals surface area contributed by atoms with Crippen molar-refractivity contribution >= 4 is 23.2 Å². The van der Waals surface area contributed by atoms with Crippen LogP contribution in [-0.4, -0.2) is 35.8 Å². The summed E-state index contributed by atoms with van der Waals surface area (Å²) in [6.45, 7) is 5.57.